The molecule has 13 heavy (non-hydrogen) atoms. The van der Waals surface area contributed by atoms with E-state index < -0.39 is 0 Å². The van der Waals surface area contributed by atoms with Gasteiger partial charge in [-0.3, -0.25) is 0 Å². The van der Waals surface area contributed by atoms with Crippen LogP contribution in [-0.4, -0.2) is 6.26 Å². The third-order valence-electron chi connectivity index (χ3n) is 2.15. The molecule has 1 heteroatoms. The molecule has 1 rings (SSSR count). The molecule has 0 heterocycles. The number of hydrogen-bond donors (Lipinski definition) is 0. The summed E-state index contributed by atoms with van der Waals surface area (Å²) in [6.07, 6.45) is 2.13. The van der Waals surface area contributed by atoms with Gasteiger partial charge in [0.05, 0.1) is 0 Å². The van der Waals surface area contributed by atoms with Gasteiger partial charge in [0.2, 0.25) is 0 Å². The first-order chi connectivity index (χ1) is 5.93. The minimum atomic E-state index is 0.260. The molecule has 0 unspecified atom stereocenters. The Labute approximate surface area is 85.7 Å². The molecule has 0 saturated carbocycles. The van der Waals surface area contributed by atoms with Gasteiger partial charge in [0.1, 0.15) is 0 Å². The Kier molecular flexibility index (Phi) is 3.07. The molecular formula is C12H18S. The lowest BCUT2D eigenvalue weighted by Crippen LogP contribution is -2.11. The number of benzene rings is 1. The minimum absolute atomic E-state index is 0.260. The summed E-state index contributed by atoms with van der Waals surface area (Å²) < 4.78 is 0. The van der Waals surface area contributed by atoms with Crippen LogP contribution < -0.4 is 0 Å². The molecule has 0 aromatic heterocycles. The first-order valence-electron chi connectivity index (χ1n) is 4.59. The second kappa shape index (κ2) is 3.75. The third-order valence-corrected chi connectivity index (χ3v) is 2.86. The predicted octanol–water partition coefficient (Wildman–Crippen LogP) is 4.01. The highest BCUT2D eigenvalue weighted by Crippen LogP contribution is 2.27. The largest absolute Gasteiger partial charge is 0.130 e. The van der Waals surface area contributed by atoms with E-state index in [-0.39, 0.29) is 5.41 Å². The zero-order valence-electron chi connectivity index (χ0n) is 9.14. The normalized spacial score (nSPS) is 11.8. The summed E-state index contributed by atoms with van der Waals surface area (Å²) in [7, 11) is 0. The van der Waals surface area contributed by atoms with Crippen molar-refractivity contribution in [3.63, 3.8) is 0 Å². The summed E-state index contributed by atoms with van der Waals surface area (Å²) >= 11 is 1.81. The first kappa shape index (κ1) is 10.6. The van der Waals surface area contributed by atoms with Gasteiger partial charge in [-0.2, -0.15) is 0 Å². The lowest BCUT2D eigenvalue weighted by atomic mass is 9.86. The summed E-state index contributed by atoms with van der Waals surface area (Å²) in [4.78, 5) is 1.37. The highest BCUT2D eigenvalue weighted by atomic mass is 32.2. The van der Waals surface area contributed by atoms with Gasteiger partial charge < -0.3 is 0 Å². The van der Waals surface area contributed by atoms with Crippen LogP contribution in [-0.2, 0) is 5.41 Å². The Hall–Kier alpha value is -0.430. The Bertz CT molecular complexity index is 294. The summed E-state index contributed by atoms with van der Waals surface area (Å²) in [5.41, 5.74) is 3.05. The van der Waals surface area contributed by atoms with E-state index in [1.165, 1.54) is 16.0 Å². The van der Waals surface area contributed by atoms with Crippen LogP contribution in [0.5, 0.6) is 0 Å². The van der Waals surface area contributed by atoms with Crippen LogP contribution in [0.2, 0.25) is 0 Å². The average Bonchev–Trinajstić information content (AvgIpc) is 2.01. The molecule has 0 nitrogen and oxygen atoms in total. The topological polar surface area (TPSA) is 0 Å². The van der Waals surface area contributed by atoms with Gasteiger partial charge in [-0.1, -0.05) is 26.8 Å². The molecule has 1 aromatic rings. The van der Waals surface area contributed by atoms with Gasteiger partial charge >= 0.3 is 0 Å². The van der Waals surface area contributed by atoms with E-state index in [9.17, 15) is 0 Å². The van der Waals surface area contributed by atoms with Crippen molar-refractivity contribution >= 4 is 11.8 Å². The van der Waals surface area contributed by atoms with Crippen LogP contribution in [0.3, 0.4) is 0 Å². The smallest absolute Gasteiger partial charge is 0.00747 e. The molecule has 0 radical (unpaired) electrons. The summed E-state index contributed by atoms with van der Waals surface area (Å²) in [6.45, 7) is 8.93. The van der Waals surface area contributed by atoms with E-state index in [2.05, 4.69) is 52.1 Å². The minimum Gasteiger partial charge on any atom is -0.130 e. The van der Waals surface area contributed by atoms with Crippen LogP contribution in [0, 0.1) is 6.92 Å². The van der Waals surface area contributed by atoms with Crippen LogP contribution in [0.4, 0.5) is 0 Å². The SMILES string of the molecule is CSc1cc(C)cc(C(C)(C)C)c1. The van der Waals surface area contributed by atoms with Crippen LogP contribution >= 0.6 is 11.8 Å². The molecule has 0 aliphatic rings. The Balaban J connectivity index is 3.16. The quantitative estimate of drug-likeness (QED) is 0.609. The molecular weight excluding hydrogens is 176 g/mol. The van der Waals surface area contributed by atoms with Crippen LogP contribution in [0.15, 0.2) is 23.1 Å². The van der Waals surface area contributed by atoms with Crippen molar-refractivity contribution in [1.29, 1.82) is 0 Å². The van der Waals surface area contributed by atoms with Crippen molar-refractivity contribution in [3.05, 3.63) is 29.3 Å². The van der Waals surface area contributed by atoms with Gasteiger partial charge in [0.15, 0.2) is 0 Å². The van der Waals surface area contributed by atoms with E-state index >= 15 is 0 Å². The maximum atomic E-state index is 2.29. The standard InChI is InChI=1S/C12H18S/c1-9-6-10(12(2,3)4)8-11(7-9)13-5/h6-8H,1-5H3. The fourth-order valence-electron chi connectivity index (χ4n) is 1.30. The van der Waals surface area contributed by atoms with Gasteiger partial charge in [-0.25, -0.2) is 0 Å². The maximum Gasteiger partial charge on any atom is 0.00747 e. The van der Waals surface area contributed by atoms with E-state index in [1.54, 1.807) is 0 Å². The molecule has 0 atom stereocenters. The lowest BCUT2D eigenvalue weighted by molar-refractivity contribution is 0.588. The molecule has 0 spiro atoms. The lowest BCUT2D eigenvalue weighted by Gasteiger charge is -2.20. The molecule has 1 aromatic carbocycles. The Morgan fingerprint density at radius 1 is 1.08 bits per heavy atom. The molecule has 0 N–H and O–H groups in total. The summed E-state index contributed by atoms with van der Waals surface area (Å²) in [6, 6.07) is 6.80. The van der Waals surface area contributed by atoms with Gasteiger partial charge in [0, 0.05) is 4.90 Å². The monoisotopic (exact) mass is 194 g/mol. The first-order valence-corrected chi connectivity index (χ1v) is 5.82. The predicted molar refractivity (Wildman–Crippen MR) is 61.7 cm³/mol. The zero-order chi connectivity index (χ0) is 10.1. The third kappa shape index (κ3) is 2.77. The van der Waals surface area contributed by atoms with Crippen molar-refractivity contribution in [3.8, 4) is 0 Å². The van der Waals surface area contributed by atoms with Crippen LogP contribution in [0.1, 0.15) is 31.9 Å². The number of aryl methyl sites for hydroxylation is 1. The molecule has 0 amide bonds. The van der Waals surface area contributed by atoms with E-state index in [0.717, 1.165) is 0 Å². The summed E-state index contributed by atoms with van der Waals surface area (Å²) in [5, 5.41) is 0. The van der Waals surface area contributed by atoms with Crippen LogP contribution in [0.25, 0.3) is 0 Å². The number of thioether (sulfide) groups is 1. The molecule has 0 bridgehead atoms. The molecule has 0 saturated heterocycles. The van der Waals surface area contributed by atoms with Gasteiger partial charge in [-0.05, 0) is 41.9 Å². The van der Waals surface area contributed by atoms with E-state index in [1.807, 2.05) is 11.8 Å². The molecule has 0 aliphatic heterocycles. The second-order valence-corrected chi connectivity index (χ2v) is 5.37. The van der Waals surface area contributed by atoms with Gasteiger partial charge in [0.25, 0.3) is 0 Å². The zero-order valence-corrected chi connectivity index (χ0v) is 9.96. The van der Waals surface area contributed by atoms with Crippen molar-refractivity contribution in [2.45, 2.75) is 38.0 Å². The Morgan fingerprint density at radius 3 is 2.15 bits per heavy atom. The van der Waals surface area contributed by atoms with Gasteiger partial charge in [-0.15, -0.1) is 11.8 Å². The maximum absolute atomic E-state index is 2.29. The average molecular weight is 194 g/mol. The molecule has 0 fully saturated rings. The fourth-order valence-corrected chi connectivity index (χ4v) is 1.85. The van der Waals surface area contributed by atoms with Crippen molar-refractivity contribution < 1.29 is 0 Å². The van der Waals surface area contributed by atoms with Crippen molar-refractivity contribution in [2.75, 3.05) is 6.26 Å². The van der Waals surface area contributed by atoms with E-state index in [4.69, 9.17) is 0 Å². The fraction of sp³-hybridized carbons (Fsp3) is 0.500. The van der Waals surface area contributed by atoms with E-state index in [0.29, 0.717) is 0 Å². The Morgan fingerprint density at radius 2 is 1.69 bits per heavy atom. The molecule has 72 valence electrons. The highest BCUT2D eigenvalue weighted by Gasteiger charge is 2.14. The summed E-state index contributed by atoms with van der Waals surface area (Å²) in [5.74, 6) is 0. The number of rotatable bonds is 1. The van der Waals surface area contributed by atoms with Crippen molar-refractivity contribution in [1.82, 2.24) is 0 Å². The highest BCUT2D eigenvalue weighted by molar-refractivity contribution is 7.98. The molecule has 0 aliphatic carbocycles. The number of hydrogen-bond acceptors (Lipinski definition) is 1. The second-order valence-electron chi connectivity index (χ2n) is 4.49. The van der Waals surface area contributed by atoms with Crippen molar-refractivity contribution in [2.24, 2.45) is 0 Å².